The van der Waals surface area contributed by atoms with Crippen LogP contribution in [0, 0.1) is 20.8 Å². The van der Waals surface area contributed by atoms with Crippen LogP contribution < -0.4 is 5.32 Å². The Kier molecular flexibility index (Phi) is 3.95. The first-order valence-corrected chi connectivity index (χ1v) is 8.01. The zero-order valence-electron chi connectivity index (χ0n) is 12.9. The van der Waals surface area contributed by atoms with E-state index in [4.69, 9.17) is 11.6 Å². The van der Waals surface area contributed by atoms with Crippen molar-refractivity contribution in [3.8, 4) is 0 Å². The second-order valence-corrected chi connectivity index (χ2v) is 6.71. The van der Waals surface area contributed by atoms with E-state index in [2.05, 4.69) is 50.4 Å². The van der Waals surface area contributed by atoms with Crippen LogP contribution in [0.3, 0.4) is 0 Å². The van der Waals surface area contributed by atoms with Crippen LogP contribution in [0.5, 0.6) is 0 Å². The summed E-state index contributed by atoms with van der Waals surface area (Å²) in [7, 11) is 0. The Bertz CT molecular complexity index is 633. The topological polar surface area (TPSA) is 12.0 Å². The number of aryl methyl sites for hydroxylation is 3. The smallest absolute Gasteiger partial charge is 0.0440 e. The van der Waals surface area contributed by atoms with Gasteiger partial charge in [-0.25, -0.2) is 0 Å². The van der Waals surface area contributed by atoms with Crippen molar-refractivity contribution < 1.29 is 0 Å². The second kappa shape index (κ2) is 5.73. The van der Waals surface area contributed by atoms with Gasteiger partial charge in [-0.1, -0.05) is 47.5 Å². The molecule has 0 aromatic heterocycles. The van der Waals surface area contributed by atoms with Crippen LogP contribution in [0.1, 0.15) is 41.0 Å². The van der Waals surface area contributed by atoms with Crippen LogP contribution in [-0.2, 0) is 0 Å². The number of hydrogen-bond acceptors (Lipinski definition) is 1. The molecule has 0 saturated heterocycles. The largest absolute Gasteiger partial charge is 0.382 e. The van der Waals surface area contributed by atoms with Crippen molar-refractivity contribution in [1.82, 2.24) is 0 Å². The summed E-state index contributed by atoms with van der Waals surface area (Å²) in [5, 5.41) is 4.62. The second-order valence-electron chi connectivity index (χ2n) is 6.30. The molecule has 2 aromatic rings. The first kappa shape index (κ1) is 14.5. The van der Waals surface area contributed by atoms with Gasteiger partial charge >= 0.3 is 0 Å². The van der Waals surface area contributed by atoms with Crippen molar-refractivity contribution in [2.45, 2.75) is 45.6 Å². The number of benzene rings is 2. The third-order valence-electron chi connectivity index (χ3n) is 4.51. The van der Waals surface area contributed by atoms with Crippen LogP contribution in [0.2, 0.25) is 5.02 Å². The molecule has 21 heavy (non-hydrogen) atoms. The first-order chi connectivity index (χ1) is 10.0. The van der Waals surface area contributed by atoms with Crippen molar-refractivity contribution in [2.75, 3.05) is 5.32 Å². The van der Waals surface area contributed by atoms with Crippen molar-refractivity contribution >= 4 is 17.3 Å². The molecule has 1 saturated carbocycles. The quantitative estimate of drug-likeness (QED) is 0.775. The fourth-order valence-electron chi connectivity index (χ4n) is 3.41. The predicted molar refractivity (Wildman–Crippen MR) is 91.5 cm³/mol. The molecule has 0 bridgehead atoms. The zero-order chi connectivity index (χ0) is 15.0. The maximum absolute atomic E-state index is 6.29. The molecule has 3 rings (SSSR count). The Labute approximate surface area is 132 Å². The van der Waals surface area contributed by atoms with Crippen LogP contribution in [0.15, 0.2) is 36.4 Å². The minimum atomic E-state index is 0.561. The van der Waals surface area contributed by atoms with Crippen LogP contribution in [-0.4, -0.2) is 6.04 Å². The van der Waals surface area contributed by atoms with E-state index in [0.717, 1.165) is 17.9 Å². The molecule has 2 aromatic carbocycles. The van der Waals surface area contributed by atoms with E-state index in [-0.39, 0.29) is 0 Å². The lowest BCUT2D eigenvalue weighted by Gasteiger charge is -2.38. The lowest BCUT2D eigenvalue weighted by atomic mass is 9.75. The summed E-state index contributed by atoms with van der Waals surface area (Å²) < 4.78 is 0. The molecule has 1 nitrogen and oxygen atoms in total. The molecule has 0 unspecified atom stereocenters. The molecule has 110 valence electrons. The third-order valence-corrected chi connectivity index (χ3v) is 4.85. The van der Waals surface area contributed by atoms with Gasteiger partial charge in [0.1, 0.15) is 0 Å². The van der Waals surface area contributed by atoms with Gasteiger partial charge in [-0.3, -0.25) is 0 Å². The molecule has 2 heteroatoms. The van der Waals surface area contributed by atoms with Gasteiger partial charge < -0.3 is 5.32 Å². The van der Waals surface area contributed by atoms with Gasteiger partial charge in [0.25, 0.3) is 0 Å². The molecule has 1 fully saturated rings. The Morgan fingerprint density at radius 1 is 1.00 bits per heavy atom. The van der Waals surface area contributed by atoms with Gasteiger partial charge in [-0.05, 0) is 62.3 Å². The number of halogens is 1. The van der Waals surface area contributed by atoms with Crippen LogP contribution >= 0.6 is 11.6 Å². The van der Waals surface area contributed by atoms with E-state index in [1.807, 2.05) is 12.1 Å². The normalized spacial score (nSPS) is 21.0. The van der Waals surface area contributed by atoms with Crippen molar-refractivity contribution in [2.24, 2.45) is 0 Å². The predicted octanol–water partition coefficient (Wildman–Crippen LogP) is 5.62. The van der Waals surface area contributed by atoms with Crippen molar-refractivity contribution in [3.63, 3.8) is 0 Å². The standard InChI is InChI=1S/C19H22ClN/c1-12-8-13(2)19(14(3)9-12)21-16-10-15(11-16)17-6-4-5-7-18(17)20/h4-9,15-16,21H,10-11H2,1-3H3. The third kappa shape index (κ3) is 2.94. The van der Waals surface area contributed by atoms with Gasteiger partial charge in [-0.2, -0.15) is 0 Å². The highest BCUT2D eigenvalue weighted by Crippen LogP contribution is 2.41. The number of anilines is 1. The first-order valence-electron chi connectivity index (χ1n) is 7.63. The summed E-state index contributed by atoms with van der Waals surface area (Å²) in [6.07, 6.45) is 2.33. The molecule has 1 aliphatic carbocycles. The maximum atomic E-state index is 6.29. The van der Waals surface area contributed by atoms with E-state index in [0.29, 0.717) is 12.0 Å². The van der Waals surface area contributed by atoms with E-state index < -0.39 is 0 Å². The fourth-order valence-corrected chi connectivity index (χ4v) is 3.70. The summed E-state index contributed by atoms with van der Waals surface area (Å²) >= 11 is 6.29. The van der Waals surface area contributed by atoms with Gasteiger partial charge in [0.2, 0.25) is 0 Å². The molecule has 0 heterocycles. The molecular formula is C19H22ClN. The van der Waals surface area contributed by atoms with Crippen molar-refractivity contribution in [1.29, 1.82) is 0 Å². The average Bonchev–Trinajstić information content (AvgIpc) is 2.37. The molecule has 1 aliphatic rings. The van der Waals surface area contributed by atoms with Gasteiger partial charge in [-0.15, -0.1) is 0 Å². The Morgan fingerprint density at radius 3 is 2.24 bits per heavy atom. The molecule has 0 radical (unpaired) electrons. The van der Waals surface area contributed by atoms with E-state index in [9.17, 15) is 0 Å². The number of nitrogens with one attached hydrogen (secondary N) is 1. The lowest BCUT2D eigenvalue weighted by molar-refractivity contribution is 0.374. The summed E-state index contributed by atoms with van der Waals surface area (Å²) in [5.74, 6) is 0.599. The number of hydrogen-bond donors (Lipinski definition) is 1. The Hall–Kier alpha value is -1.47. The molecule has 0 aliphatic heterocycles. The Balaban J connectivity index is 1.67. The van der Waals surface area contributed by atoms with E-state index in [1.165, 1.54) is 27.9 Å². The molecule has 1 N–H and O–H groups in total. The number of rotatable bonds is 3. The minimum absolute atomic E-state index is 0.561. The summed E-state index contributed by atoms with van der Waals surface area (Å²) in [5.41, 5.74) is 6.62. The van der Waals surface area contributed by atoms with Gasteiger partial charge in [0, 0.05) is 16.8 Å². The summed E-state index contributed by atoms with van der Waals surface area (Å²) in [6.45, 7) is 6.53. The van der Waals surface area contributed by atoms with E-state index in [1.54, 1.807) is 0 Å². The maximum Gasteiger partial charge on any atom is 0.0440 e. The molecular weight excluding hydrogens is 278 g/mol. The van der Waals surface area contributed by atoms with Crippen LogP contribution in [0.4, 0.5) is 5.69 Å². The van der Waals surface area contributed by atoms with Crippen LogP contribution in [0.25, 0.3) is 0 Å². The van der Waals surface area contributed by atoms with Gasteiger partial charge in [0.15, 0.2) is 0 Å². The SMILES string of the molecule is Cc1cc(C)c(NC2CC(c3ccccc3Cl)C2)c(C)c1. The van der Waals surface area contributed by atoms with Crippen molar-refractivity contribution in [3.05, 3.63) is 63.7 Å². The monoisotopic (exact) mass is 299 g/mol. The fraction of sp³-hybridized carbons (Fsp3) is 0.368. The highest BCUT2D eigenvalue weighted by Gasteiger charge is 2.31. The van der Waals surface area contributed by atoms with Gasteiger partial charge in [0.05, 0.1) is 0 Å². The Morgan fingerprint density at radius 2 is 1.62 bits per heavy atom. The lowest BCUT2D eigenvalue weighted by Crippen LogP contribution is -2.34. The molecule has 0 spiro atoms. The summed E-state index contributed by atoms with van der Waals surface area (Å²) in [6, 6.07) is 13.3. The minimum Gasteiger partial charge on any atom is -0.382 e. The molecule has 0 atom stereocenters. The average molecular weight is 300 g/mol. The zero-order valence-corrected chi connectivity index (χ0v) is 13.7. The molecule has 0 amide bonds. The summed E-state index contributed by atoms with van der Waals surface area (Å²) in [4.78, 5) is 0. The van der Waals surface area contributed by atoms with E-state index >= 15 is 0 Å². The highest BCUT2D eigenvalue weighted by molar-refractivity contribution is 6.31. The highest BCUT2D eigenvalue weighted by atomic mass is 35.5.